The molecule has 0 spiro atoms. The Balaban J connectivity index is 1.62. The van der Waals surface area contributed by atoms with Crippen LogP contribution < -0.4 is 0 Å². The van der Waals surface area contributed by atoms with Gasteiger partial charge in [0, 0.05) is 16.7 Å². The third kappa shape index (κ3) is 1.98. The third-order valence-corrected chi connectivity index (χ3v) is 7.19. The molecule has 2 saturated heterocycles. The molecule has 0 aromatic rings. The van der Waals surface area contributed by atoms with E-state index in [0.717, 1.165) is 4.91 Å². The molecule has 0 amide bonds. The van der Waals surface area contributed by atoms with Gasteiger partial charge in [0.25, 0.3) is 0 Å². The van der Waals surface area contributed by atoms with Crippen molar-refractivity contribution in [1.29, 1.82) is 0 Å². The van der Waals surface area contributed by atoms with E-state index in [1.807, 2.05) is 27.7 Å². The van der Waals surface area contributed by atoms with Crippen LogP contribution >= 0.6 is 25.3 Å². The van der Waals surface area contributed by atoms with E-state index >= 15 is 0 Å². The molecule has 6 rings (SSSR count). The van der Waals surface area contributed by atoms with E-state index in [4.69, 9.17) is 44.2 Å². The molecule has 4 nitrogen and oxygen atoms in total. The van der Waals surface area contributed by atoms with E-state index in [0.29, 0.717) is 0 Å². The summed E-state index contributed by atoms with van der Waals surface area (Å²) in [5.74, 6) is -0.483. The monoisotopic (exact) mass is 368 g/mol. The first-order valence-electron chi connectivity index (χ1n) is 8.65. The summed E-state index contributed by atoms with van der Waals surface area (Å²) in [5, 5.41) is 0. The largest absolute Gasteiger partial charge is 0.344 e. The fourth-order valence-electron chi connectivity index (χ4n) is 5.36. The Morgan fingerprint density at radius 1 is 0.917 bits per heavy atom. The van der Waals surface area contributed by atoms with Gasteiger partial charge in [0.05, 0.1) is 17.0 Å². The third-order valence-electron chi connectivity index (χ3n) is 6.08. The van der Waals surface area contributed by atoms with Crippen LogP contribution in [-0.4, -0.2) is 40.7 Å². The molecule has 8 atom stereocenters. The van der Waals surface area contributed by atoms with Gasteiger partial charge in [-0.1, -0.05) is 18.2 Å². The van der Waals surface area contributed by atoms with Gasteiger partial charge < -0.3 is 18.9 Å². The van der Waals surface area contributed by atoms with Crippen molar-refractivity contribution in [3.8, 4) is 0 Å². The maximum Gasteiger partial charge on any atom is 0.164 e. The first-order chi connectivity index (χ1) is 11.1. The van der Waals surface area contributed by atoms with Crippen LogP contribution in [0.4, 0.5) is 0 Å². The van der Waals surface area contributed by atoms with Crippen LogP contribution in [0.2, 0.25) is 0 Å². The van der Waals surface area contributed by atoms with E-state index < -0.39 is 16.3 Å². The van der Waals surface area contributed by atoms with Crippen LogP contribution in [0, 0.1) is 17.8 Å². The molecule has 2 heterocycles. The minimum atomic E-state index is -0.609. The lowest BCUT2D eigenvalue weighted by Gasteiger charge is -2.57. The van der Waals surface area contributed by atoms with Gasteiger partial charge >= 0.3 is 0 Å². The molecule has 1 saturated carbocycles. The number of allylic oxidation sites excluding steroid dienone is 1. The maximum atomic E-state index is 6.32. The number of thiol groups is 2. The van der Waals surface area contributed by atoms with Crippen LogP contribution in [0.5, 0.6) is 0 Å². The molecule has 0 aromatic carbocycles. The van der Waals surface area contributed by atoms with Crippen LogP contribution in [0.1, 0.15) is 27.7 Å². The van der Waals surface area contributed by atoms with Crippen molar-refractivity contribution in [2.75, 3.05) is 0 Å². The zero-order valence-electron chi connectivity index (χ0n) is 14.3. The van der Waals surface area contributed by atoms with Crippen molar-refractivity contribution in [3.05, 3.63) is 23.1 Å². The molecule has 6 heteroatoms. The van der Waals surface area contributed by atoms with Crippen LogP contribution in [0.15, 0.2) is 23.1 Å². The SMILES string of the molecule is CC1(C)OC2C3C=CC(S)(C2O1)C1C3C=C(S)[C@H]2OC(C)(C)O[C@@H]12. The predicted molar refractivity (Wildman–Crippen MR) is 96.0 cm³/mol. The summed E-state index contributed by atoms with van der Waals surface area (Å²) in [6, 6.07) is 0. The van der Waals surface area contributed by atoms with Gasteiger partial charge in [-0.2, -0.15) is 12.6 Å². The molecule has 0 aromatic heterocycles. The van der Waals surface area contributed by atoms with Crippen LogP contribution in [0.3, 0.4) is 0 Å². The van der Waals surface area contributed by atoms with E-state index in [-0.39, 0.29) is 42.2 Å². The molecule has 132 valence electrons. The normalized spacial score (nSPS) is 55.8. The lowest BCUT2D eigenvalue weighted by atomic mass is 9.55. The predicted octanol–water partition coefficient (Wildman–Crippen LogP) is 2.95. The van der Waals surface area contributed by atoms with E-state index in [9.17, 15) is 0 Å². The maximum absolute atomic E-state index is 6.32. The minimum absolute atomic E-state index is 0.0213. The second kappa shape index (κ2) is 4.65. The number of hydrogen-bond donors (Lipinski definition) is 2. The Morgan fingerprint density at radius 3 is 2.33 bits per heavy atom. The van der Waals surface area contributed by atoms with E-state index in [1.165, 1.54) is 0 Å². The van der Waals surface area contributed by atoms with Crippen molar-refractivity contribution in [3.63, 3.8) is 0 Å². The number of rotatable bonds is 0. The van der Waals surface area contributed by atoms with Crippen molar-refractivity contribution in [2.24, 2.45) is 17.8 Å². The molecule has 24 heavy (non-hydrogen) atoms. The second-order valence-electron chi connectivity index (χ2n) is 8.56. The summed E-state index contributed by atoms with van der Waals surface area (Å²) in [5.41, 5.74) is 0. The molecule has 3 fully saturated rings. The summed E-state index contributed by atoms with van der Waals surface area (Å²) in [6.07, 6.45) is 6.44. The number of ether oxygens (including phenoxy) is 4. The average molecular weight is 369 g/mol. The van der Waals surface area contributed by atoms with E-state index in [1.54, 1.807) is 0 Å². The van der Waals surface area contributed by atoms with Crippen LogP contribution in [0.25, 0.3) is 0 Å². The van der Waals surface area contributed by atoms with Gasteiger partial charge in [-0.3, -0.25) is 0 Å². The lowest BCUT2D eigenvalue weighted by Crippen LogP contribution is -2.66. The Kier molecular flexibility index (Phi) is 3.14. The summed E-state index contributed by atoms with van der Waals surface area (Å²) < 4.78 is 24.5. The Labute approximate surface area is 153 Å². The van der Waals surface area contributed by atoms with Gasteiger partial charge in [0.15, 0.2) is 11.6 Å². The van der Waals surface area contributed by atoms with Gasteiger partial charge in [-0.15, -0.1) is 12.6 Å². The van der Waals surface area contributed by atoms with Crippen molar-refractivity contribution in [2.45, 2.75) is 68.4 Å². The summed E-state index contributed by atoms with van der Waals surface area (Å²) >= 11 is 9.87. The Bertz CT molecular complexity index is 657. The highest BCUT2D eigenvalue weighted by Crippen LogP contribution is 2.62. The molecule has 6 unspecified atom stereocenters. The molecule has 2 bridgehead atoms. The molecular formula is C18H24O4S2. The summed E-state index contributed by atoms with van der Waals surface area (Å²) in [6.45, 7) is 7.88. The number of hydrogen-bond acceptors (Lipinski definition) is 6. The van der Waals surface area contributed by atoms with Gasteiger partial charge in [0.1, 0.15) is 12.2 Å². The smallest absolute Gasteiger partial charge is 0.164 e. The highest BCUT2D eigenvalue weighted by molar-refractivity contribution is 7.84. The molecule has 2 aliphatic heterocycles. The molecule has 6 aliphatic rings. The lowest BCUT2D eigenvalue weighted by molar-refractivity contribution is -0.157. The average Bonchev–Trinajstić information content (AvgIpc) is 2.95. The molecule has 0 N–H and O–H groups in total. The standard InChI is InChI=1S/C18H24O4S2/c1-16(2)20-13-10(23)7-9-8-5-6-18(24,11(9)14(13)21-16)15-12(8)19-17(3,4)22-15/h5-9,11-15,23-24H,1-4H3/t8?,9?,11?,12?,13-,14+,15?,18?/m1/s1. The van der Waals surface area contributed by atoms with Gasteiger partial charge in [0.2, 0.25) is 0 Å². The first-order valence-corrected chi connectivity index (χ1v) is 9.54. The van der Waals surface area contributed by atoms with Gasteiger partial charge in [-0.25, -0.2) is 0 Å². The first kappa shape index (κ1) is 16.2. The molecule has 4 aliphatic carbocycles. The van der Waals surface area contributed by atoms with Gasteiger partial charge in [-0.05, 0) is 33.6 Å². The van der Waals surface area contributed by atoms with Crippen molar-refractivity contribution >= 4 is 25.3 Å². The zero-order chi connectivity index (χ0) is 17.1. The van der Waals surface area contributed by atoms with E-state index in [2.05, 4.69) is 18.2 Å². The topological polar surface area (TPSA) is 36.9 Å². The Morgan fingerprint density at radius 2 is 1.58 bits per heavy atom. The highest BCUT2D eigenvalue weighted by Gasteiger charge is 2.69. The second-order valence-corrected chi connectivity index (χ2v) is 9.85. The summed E-state index contributed by atoms with van der Waals surface area (Å²) in [7, 11) is 0. The minimum Gasteiger partial charge on any atom is -0.344 e. The fraction of sp³-hybridized carbons (Fsp3) is 0.778. The highest BCUT2D eigenvalue weighted by atomic mass is 32.1. The summed E-state index contributed by atoms with van der Waals surface area (Å²) in [4.78, 5) is 0.958. The zero-order valence-corrected chi connectivity index (χ0v) is 16.1. The Hall–Kier alpha value is 0.0200. The molecular weight excluding hydrogens is 344 g/mol. The van der Waals surface area contributed by atoms with Crippen LogP contribution in [-0.2, 0) is 18.9 Å². The number of fused-ring (bicyclic) bond motifs is 1. The fourth-order valence-corrected chi connectivity index (χ4v) is 6.34. The quantitative estimate of drug-likeness (QED) is 0.509. The molecule has 0 radical (unpaired) electrons. The van der Waals surface area contributed by atoms with Crippen molar-refractivity contribution < 1.29 is 18.9 Å². The van der Waals surface area contributed by atoms with Crippen molar-refractivity contribution in [1.82, 2.24) is 0 Å².